The van der Waals surface area contributed by atoms with Gasteiger partial charge in [0.05, 0.1) is 4.75 Å². The Balaban J connectivity index is 3.91. The third-order valence-corrected chi connectivity index (χ3v) is 59.5. The molecule has 1 fully saturated rings. The van der Waals surface area contributed by atoms with Crippen LogP contribution < -0.4 is 0 Å². The van der Waals surface area contributed by atoms with Gasteiger partial charge < -0.3 is 39.8 Å². The lowest BCUT2D eigenvalue weighted by Gasteiger charge is -2.50. The van der Waals surface area contributed by atoms with Crippen LogP contribution in [0, 0.1) is 5.41 Å². The van der Waals surface area contributed by atoms with Crippen LogP contribution in [0.3, 0.4) is 0 Å². The maximum atomic E-state index is 6.79. The highest BCUT2D eigenvalue weighted by Gasteiger charge is 2.73. The van der Waals surface area contributed by atoms with E-state index in [1.54, 1.807) is 0 Å². The minimum absolute atomic E-state index is 0.0725. The third kappa shape index (κ3) is 21.8. The van der Waals surface area contributed by atoms with E-state index in [1.165, 1.54) is 32.1 Å². The molecule has 1 saturated carbocycles. The lowest BCUT2D eigenvalue weighted by molar-refractivity contribution is 0.0712. The fourth-order valence-electron chi connectivity index (χ4n) is 6.25. The minimum Gasteiger partial charge on any atom is -0.374 e. The fraction of sp³-hybridized carbons (Fsp3) is 1.00. The van der Waals surface area contributed by atoms with Gasteiger partial charge in [0.15, 0.2) is 41.1 Å². The van der Waals surface area contributed by atoms with Crippen molar-refractivity contribution in [3.05, 3.63) is 0 Å². The molecule has 24 heteroatoms. The summed E-state index contributed by atoms with van der Waals surface area (Å²) in [5.41, 5.74) is 0.0725. The Labute approximate surface area is 419 Å². The van der Waals surface area contributed by atoms with Crippen molar-refractivity contribution in [3.8, 4) is 0 Å². The first kappa shape index (κ1) is 63.5. The Hall–Kier alpha value is 4.49. The highest BCUT2D eigenvalue weighted by Crippen LogP contribution is 2.67. The fourth-order valence-corrected chi connectivity index (χ4v) is 63.8. The Morgan fingerprint density at radius 2 is 0.918 bits per heavy atom. The Morgan fingerprint density at radius 1 is 0.525 bits per heavy atom. The average molecular weight is 1140 g/mol. The zero-order chi connectivity index (χ0) is 45.5. The van der Waals surface area contributed by atoms with Gasteiger partial charge in [-0.1, -0.05) is 61.6 Å². The topological polar surface area (TPSA) is 83.1 Å². The van der Waals surface area contributed by atoms with Crippen LogP contribution in [0.4, 0.5) is 0 Å². The van der Waals surface area contributed by atoms with Crippen molar-refractivity contribution < 1.29 is 39.8 Å². The molecular weight excluding hydrogens is 1060 g/mol. The molecule has 0 N–H and O–H groups in total. The number of hydrogen-bond donors (Lipinski definition) is 0. The molecule has 1 rings (SSSR count). The van der Waals surface area contributed by atoms with Gasteiger partial charge in [-0.05, 0) is 148 Å². The first-order chi connectivity index (χ1) is 29.4. The third-order valence-electron chi connectivity index (χ3n) is 9.17. The summed E-state index contributed by atoms with van der Waals surface area (Å²) in [6, 6.07) is 0.835. The van der Waals surface area contributed by atoms with E-state index in [2.05, 4.69) is 102 Å². The molecule has 0 radical (unpaired) electrons. The molecule has 0 amide bonds. The lowest BCUT2D eigenvalue weighted by atomic mass is 9.68. The summed E-state index contributed by atoms with van der Waals surface area (Å²) in [4.78, 5) is 0. The van der Waals surface area contributed by atoms with Crippen molar-refractivity contribution in [2.45, 2.75) is 157 Å². The Kier molecular flexibility index (Phi) is 38.8. The predicted octanol–water partition coefficient (Wildman–Crippen LogP) is 15.2. The van der Waals surface area contributed by atoms with E-state index >= 15 is 0 Å². The van der Waals surface area contributed by atoms with Crippen LogP contribution in [-0.4, -0.2) is 111 Å². The quantitative estimate of drug-likeness (QED) is 0.0191. The molecule has 0 heterocycles. The zero-order valence-electron chi connectivity index (χ0n) is 39.5. The van der Waals surface area contributed by atoms with Crippen LogP contribution >= 0.6 is 104 Å². The molecule has 0 spiro atoms. The summed E-state index contributed by atoms with van der Waals surface area (Å²) in [7, 11) is 9.83. The van der Waals surface area contributed by atoms with Crippen molar-refractivity contribution in [2.75, 3.05) is 76.7 Å². The van der Waals surface area contributed by atoms with E-state index in [1.807, 2.05) is 92.5 Å². The standard InChI is InChI=1S/C37H82O9S12Si3/c1-14-31-48-55-57(60(41-19-6,42-20-7)43-21-8)50-35(51-58(56-49-32-15-2)61(44-22-9,45-23-10)46-24-11)37(13,36(12)29-26-25-27-30-36)52-54-53-47-33-28-34-59(38-16-3,39-17-4)40-18-5/h35H,14-34H2,1-13H3/q+2. The zero-order valence-corrected chi connectivity index (χ0v) is 52.3. The van der Waals surface area contributed by atoms with Crippen molar-refractivity contribution >= 4 is 146 Å². The monoisotopic (exact) mass is 1140 g/mol. The largest absolute Gasteiger partial charge is 0.808 e. The first-order valence-electron chi connectivity index (χ1n) is 22.3. The molecule has 0 aliphatic heterocycles. The summed E-state index contributed by atoms with van der Waals surface area (Å²) in [5.74, 6) is 3.11. The van der Waals surface area contributed by atoms with Crippen molar-refractivity contribution in [2.24, 2.45) is 5.41 Å². The predicted molar refractivity (Wildman–Crippen MR) is 301 cm³/mol. The summed E-state index contributed by atoms with van der Waals surface area (Å²) in [6.07, 6.45) is 9.37. The van der Waals surface area contributed by atoms with E-state index in [0.29, 0.717) is 59.5 Å². The summed E-state index contributed by atoms with van der Waals surface area (Å²) in [5, 5.41) is 0. The molecule has 1 aliphatic rings. The van der Waals surface area contributed by atoms with E-state index in [0.717, 1.165) is 42.6 Å². The van der Waals surface area contributed by atoms with Gasteiger partial charge in [0.2, 0.25) is 0 Å². The maximum absolute atomic E-state index is 6.79. The van der Waals surface area contributed by atoms with E-state index in [-0.39, 0.29) is 14.7 Å². The van der Waals surface area contributed by atoms with Crippen LogP contribution in [-0.2, 0) is 56.7 Å². The van der Waals surface area contributed by atoms with Gasteiger partial charge in [-0.15, -0.1) is 0 Å². The number of hydrogen-bond acceptors (Lipinski definition) is 19. The maximum Gasteiger partial charge on any atom is 0.808 e. The second-order valence-corrected chi connectivity index (χ2v) is 50.8. The Bertz CT molecular complexity index is 982. The normalized spacial score (nSPS) is 17.7. The van der Waals surface area contributed by atoms with Gasteiger partial charge in [0.1, 0.15) is 21.6 Å². The van der Waals surface area contributed by atoms with Gasteiger partial charge in [0.25, 0.3) is 0 Å². The first-order valence-corrected chi connectivity index (χ1v) is 45.0. The summed E-state index contributed by atoms with van der Waals surface area (Å²) < 4.78 is 59.1. The molecule has 0 aromatic carbocycles. The molecule has 1 aliphatic carbocycles. The molecule has 9 nitrogen and oxygen atoms in total. The van der Waals surface area contributed by atoms with Gasteiger partial charge in [-0.2, -0.15) is 0 Å². The van der Waals surface area contributed by atoms with Gasteiger partial charge in [0, 0.05) is 82.8 Å². The van der Waals surface area contributed by atoms with Crippen LogP contribution in [0.25, 0.3) is 0 Å². The van der Waals surface area contributed by atoms with Crippen LogP contribution in [0.15, 0.2) is 0 Å². The molecule has 0 saturated heterocycles. The molecule has 366 valence electrons. The van der Waals surface area contributed by atoms with E-state index in [9.17, 15) is 0 Å². The van der Waals surface area contributed by atoms with Crippen LogP contribution in [0.2, 0.25) is 6.04 Å². The van der Waals surface area contributed by atoms with Crippen molar-refractivity contribution in [1.29, 1.82) is 0 Å². The summed E-state index contributed by atoms with van der Waals surface area (Å²) >= 11 is 0. The van der Waals surface area contributed by atoms with Crippen molar-refractivity contribution in [3.63, 3.8) is 0 Å². The van der Waals surface area contributed by atoms with E-state index < -0.39 is 41.5 Å². The molecule has 3 atom stereocenters. The highest BCUT2D eigenvalue weighted by atomic mass is 33.8. The average Bonchev–Trinajstić information content (AvgIpc) is 3.23. The Morgan fingerprint density at radius 3 is 1.28 bits per heavy atom. The number of rotatable bonds is 42. The van der Waals surface area contributed by atoms with Crippen LogP contribution in [0.5, 0.6) is 0 Å². The molecule has 0 aromatic heterocycles. The minimum atomic E-state index is -3.18. The molecular formula is C37H82O9S12Si3+2. The van der Waals surface area contributed by atoms with Gasteiger partial charge in [-0.3, -0.25) is 0 Å². The van der Waals surface area contributed by atoms with Crippen molar-refractivity contribution in [1.82, 2.24) is 0 Å². The SMILES string of the molecule is CCCSS[S+](SC(S[S+](SSCCC)[Si](OCC)(OCC)OCC)C(C)(SSSSCCC[Si](OCC)(OCC)OCC)C1(C)CCCCC1)[Si](OCC)(OCC)OCC. The lowest BCUT2D eigenvalue weighted by Crippen LogP contribution is -2.55. The van der Waals surface area contributed by atoms with E-state index in [4.69, 9.17) is 39.8 Å². The molecule has 61 heavy (non-hydrogen) atoms. The molecule has 3 unspecified atom stereocenters. The smallest absolute Gasteiger partial charge is 0.374 e. The summed E-state index contributed by atoms with van der Waals surface area (Å²) in [6.45, 7) is 33.3. The van der Waals surface area contributed by atoms with Gasteiger partial charge in [-0.25, -0.2) is 0 Å². The highest BCUT2D eigenvalue weighted by molar-refractivity contribution is 9.32. The second-order valence-electron chi connectivity index (χ2n) is 13.7. The second kappa shape index (κ2) is 37.3. The molecule has 0 aromatic rings. The molecule has 0 bridgehead atoms. The van der Waals surface area contributed by atoms with Crippen LogP contribution in [0.1, 0.15) is 141 Å². The van der Waals surface area contributed by atoms with Gasteiger partial charge >= 0.3 is 24.7 Å².